The Labute approximate surface area is 337 Å². The van der Waals surface area contributed by atoms with Gasteiger partial charge < -0.3 is 0 Å². The zero-order chi connectivity index (χ0) is 41.4. The van der Waals surface area contributed by atoms with Crippen molar-refractivity contribution in [2.75, 3.05) is 0 Å². The molecule has 2 atom stereocenters. The summed E-state index contributed by atoms with van der Waals surface area (Å²) in [7, 11) is 0. The Balaban J connectivity index is -0.000000177. The topological polar surface area (TPSA) is 0 Å². The summed E-state index contributed by atoms with van der Waals surface area (Å²) < 4.78 is 0. The second-order valence-corrected chi connectivity index (χ2v) is 23.2. The van der Waals surface area contributed by atoms with Crippen LogP contribution in [0.25, 0.3) is 0 Å². The first-order valence-corrected chi connectivity index (χ1v) is 22.9. The van der Waals surface area contributed by atoms with E-state index >= 15 is 0 Å². The SMILES string of the molecule is C.CCCCC(C)(C)C(C)(C)C.CCCCC1(C(C)(C)C)CC1.CCCCCC(C)(C)C.CCCC[C@@H](C)C(C)(C)C.CCCC[C@H](C)C(C)(C)C. The summed E-state index contributed by atoms with van der Waals surface area (Å²) in [5, 5.41) is 0. The van der Waals surface area contributed by atoms with E-state index in [4.69, 9.17) is 0 Å². The summed E-state index contributed by atoms with van der Waals surface area (Å²) in [5.74, 6) is 1.74. The second-order valence-electron chi connectivity index (χ2n) is 23.2. The lowest BCUT2D eigenvalue weighted by Gasteiger charge is -2.39. The first-order valence-electron chi connectivity index (χ1n) is 22.9. The molecule has 0 aromatic heterocycles. The van der Waals surface area contributed by atoms with Gasteiger partial charge in [0.15, 0.2) is 0 Å². The van der Waals surface area contributed by atoms with Crippen molar-refractivity contribution >= 4 is 0 Å². The highest BCUT2D eigenvalue weighted by Crippen LogP contribution is 2.61. The largest absolute Gasteiger partial charge is 0.0776 e. The highest BCUT2D eigenvalue weighted by atomic mass is 14.5. The van der Waals surface area contributed by atoms with Gasteiger partial charge in [0, 0.05) is 0 Å². The lowest BCUT2D eigenvalue weighted by atomic mass is 9.67. The quantitative estimate of drug-likeness (QED) is 0.147. The summed E-state index contributed by atoms with van der Waals surface area (Å²) in [4.78, 5) is 0. The van der Waals surface area contributed by atoms with Crippen LogP contribution < -0.4 is 0 Å². The van der Waals surface area contributed by atoms with Crippen LogP contribution in [0.2, 0.25) is 0 Å². The molecule has 0 nitrogen and oxygen atoms in total. The normalized spacial score (nSPS) is 15.5. The third-order valence-corrected chi connectivity index (χ3v) is 13.1. The van der Waals surface area contributed by atoms with Crippen molar-refractivity contribution < 1.29 is 0 Å². The van der Waals surface area contributed by atoms with Gasteiger partial charge in [0.25, 0.3) is 0 Å². The lowest BCUT2D eigenvalue weighted by molar-refractivity contribution is 0.116. The Morgan fingerprint density at radius 2 is 0.788 bits per heavy atom. The van der Waals surface area contributed by atoms with Crippen molar-refractivity contribution in [1.82, 2.24) is 0 Å². The van der Waals surface area contributed by atoms with E-state index in [0.29, 0.717) is 32.5 Å². The van der Waals surface area contributed by atoms with Crippen molar-refractivity contribution in [2.45, 2.75) is 289 Å². The first-order chi connectivity index (χ1) is 22.9. The van der Waals surface area contributed by atoms with Gasteiger partial charge in [-0.25, -0.2) is 0 Å². The maximum absolute atomic E-state index is 2.40. The molecule has 0 saturated heterocycles. The number of hydrogen-bond acceptors (Lipinski definition) is 0. The first kappa shape index (κ1) is 61.2. The van der Waals surface area contributed by atoms with Crippen molar-refractivity contribution in [3.05, 3.63) is 0 Å². The maximum Gasteiger partial charge on any atom is -0.0248 e. The van der Waals surface area contributed by atoms with E-state index in [0.717, 1.165) is 17.3 Å². The molecule has 1 rings (SSSR count). The fraction of sp³-hybridized carbons (Fsp3) is 1.00. The molecule has 0 spiro atoms. The molecule has 0 radical (unpaired) electrons. The molecule has 0 N–H and O–H groups in total. The molecule has 0 amide bonds. The predicted molar refractivity (Wildman–Crippen MR) is 250 cm³/mol. The standard InChI is InChI=1S/C11H22.C11H24.2C10H22.C9H20.CH4/c1-5-6-7-11(8-9-11)10(2,3)4;1-7-8-9-11(5,6)10(2,3)4;2*1-6-7-8-9(2)10(3,4)5;1-5-6-7-8-9(2,3)4;/h5-9H2,1-4H3;7-9H2,1-6H3;2*9H,6-8H2,1-5H3;5-8H2,1-4H3;1H4/t;;2*9-;;/m..10../s1. The highest BCUT2D eigenvalue weighted by molar-refractivity contribution is 5.01. The second kappa shape index (κ2) is 29.3. The Hall–Kier alpha value is 0. The fourth-order valence-corrected chi connectivity index (χ4v) is 5.83. The molecule has 1 fully saturated rings. The van der Waals surface area contributed by atoms with Crippen LogP contribution in [0, 0.1) is 49.7 Å². The predicted octanol–water partition coefficient (Wildman–Crippen LogP) is 20.2. The Bertz CT molecular complexity index is 696. The van der Waals surface area contributed by atoms with Crippen LogP contribution in [0.1, 0.15) is 289 Å². The van der Waals surface area contributed by atoms with Gasteiger partial charge in [-0.2, -0.15) is 0 Å². The number of unbranched alkanes of at least 4 members (excludes halogenated alkanes) is 6. The van der Waals surface area contributed by atoms with E-state index in [9.17, 15) is 0 Å². The van der Waals surface area contributed by atoms with Crippen LogP contribution in [0.5, 0.6) is 0 Å². The molecule has 52 heavy (non-hydrogen) atoms. The maximum atomic E-state index is 2.40. The van der Waals surface area contributed by atoms with Gasteiger partial charge in [0.2, 0.25) is 0 Å². The molecule has 0 aliphatic heterocycles. The minimum Gasteiger partial charge on any atom is -0.0776 e. The Morgan fingerprint density at radius 1 is 0.442 bits per heavy atom. The minimum absolute atomic E-state index is 0. The molecule has 1 aliphatic rings. The average Bonchev–Trinajstić information content (AvgIpc) is 3.77. The van der Waals surface area contributed by atoms with Crippen LogP contribution in [-0.4, -0.2) is 0 Å². The molecule has 0 bridgehead atoms. The van der Waals surface area contributed by atoms with Crippen LogP contribution in [0.15, 0.2) is 0 Å². The summed E-state index contributed by atoms with van der Waals surface area (Å²) in [6.45, 7) is 55.9. The smallest absolute Gasteiger partial charge is 0.0248 e. The zero-order valence-corrected chi connectivity index (χ0v) is 41.4. The third kappa shape index (κ3) is 34.5. The molecule has 1 saturated carbocycles. The molecular formula is C52H114. The average molecular weight is 739 g/mol. The van der Waals surface area contributed by atoms with E-state index in [1.54, 1.807) is 0 Å². The van der Waals surface area contributed by atoms with E-state index < -0.39 is 0 Å². The van der Waals surface area contributed by atoms with Crippen molar-refractivity contribution in [3.8, 4) is 0 Å². The monoisotopic (exact) mass is 739 g/mol. The van der Waals surface area contributed by atoms with Crippen molar-refractivity contribution in [2.24, 2.45) is 49.7 Å². The third-order valence-electron chi connectivity index (χ3n) is 13.1. The summed E-state index contributed by atoms with van der Waals surface area (Å²) >= 11 is 0. The van der Waals surface area contributed by atoms with Gasteiger partial charge in [-0.3, -0.25) is 0 Å². The van der Waals surface area contributed by atoms with Gasteiger partial charge in [-0.05, 0) is 81.8 Å². The zero-order valence-electron chi connectivity index (χ0n) is 41.4. The van der Waals surface area contributed by atoms with Gasteiger partial charge in [0.05, 0.1) is 0 Å². The summed E-state index contributed by atoms with van der Waals surface area (Å²) in [5.41, 5.74) is 3.80. The van der Waals surface area contributed by atoms with Gasteiger partial charge in [-0.15, -0.1) is 0 Å². The molecule has 322 valence electrons. The molecule has 0 aromatic carbocycles. The van der Waals surface area contributed by atoms with E-state index in [2.05, 4.69) is 166 Å². The lowest BCUT2D eigenvalue weighted by Crippen LogP contribution is -2.29. The van der Waals surface area contributed by atoms with Gasteiger partial charge in [-0.1, -0.05) is 257 Å². The molecule has 0 heteroatoms. The van der Waals surface area contributed by atoms with Crippen LogP contribution >= 0.6 is 0 Å². The van der Waals surface area contributed by atoms with Gasteiger partial charge in [0.1, 0.15) is 0 Å². The van der Waals surface area contributed by atoms with E-state index in [1.807, 2.05) is 0 Å². The number of rotatable bonds is 15. The van der Waals surface area contributed by atoms with Crippen LogP contribution in [0.4, 0.5) is 0 Å². The fourth-order valence-electron chi connectivity index (χ4n) is 5.83. The Kier molecular flexibility index (Phi) is 34.5. The summed E-state index contributed by atoms with van der Waals surface area (Å²) in [6.07, 6.45) is 25.0. The molecule has 0 aromatic rings. The van der Waals surface area contributed by atoms with E-state index in [1.165, 1.54) is 116 Å². The molecule has 0 heterocycles. The molecular weight excluding hydrogens is 625 g/mol. The Morgan fingerprint density at radius 3 is 1.02 bits per heavy atom. The summed E-state index contributed by atoms with van der Waals surface area (Å²) in [6, 6.07) is 0. The molecule has 1 aliphatic carbocycles. The van der Waals surface area contributed by atoms with Gasteiger partial charge >= 0.3 is 0 Å². The van der Waals surface area contributed by atoms with Crippen LogP contribution in [-0.2, 0) is 0 Å². The van der Waals surface area contributed by atoms with Crippen molar-refractivity contribution in [1.29, 1.82) is 0 Å². The number of hydrogen-bond donors (Lipinski definition) is 0. The minimum atomic E-state index is 0. The highest BCUT2D eigenvalue weighted by Gasteiger charge is 2.50. The van der Waals surface area contributed by atoms with Crippen LogP contribution in [0.3, 0.4) is 0 Å². The van der Waals surface area contributed by atoms with Crippen molar-refractivity contribution in [3.63, 3.8) is 0 Å². The van der Waals surface area contributed by atoms with E-state index in [-0.39, 0.29) is 7.43 Å². The molecule has 0 unspecified atom stereocenters.